The van der Waals surface area contributed by atoms with Gasteiger partial charge in [0.1, 0.15) is 5.54 Å². The number of alkyl halides is 3. The second-order valence-electron chi connectivity index (χ2n) is 3.71. The van der Waals surface area contributed by atoms with Gasteiger partial charge >= 0.3 is 6.18 Å². The maximum absolute atomic E-state index is 12.2. The zero-order chi connectivity index (χ0) is 12.6. The van der Waals surface area contributed by atoms with Gasteiger partial charge in [-0.1, -0.05) is 0 Å². The molecule has 0 radical (unpaired) electrons. The molecule has 1 amide bonds. The summed E-state index contributed by atoms with van der Waals surface area (Å²) in [6.45, 7) is 1.11. The van der Waals surface area contributed by atoms with Gasteiger partial charge in [-0.05, 0) is 6.92 Å². The SMILES string of the molecule is CC(N)(Cn1cc(C(F)(F)F)cn1)C(N)=O. The maximum Gasteiger partial charge on any atom is 0.419 e. The summed E-state index contributed by atoms with van der Waals surface area (Å²) in [5.41, 5.74) is 8.15. The van der Waals surface area contributed by atoms with Gasteiger partial charge in [0.05, 0.1) is 18.3 Å². The van der Waals surface area contributed by atoms with Gasteiger partial charge in [-0.3, -0.25) is 9.48 Å². The Bertz CT molecular complexity index is 396. The number of primary amides is 1. The maximum atomic E-state index is 12.2. The lowest BCUT2D eigenvalue weighted by Crippen LogP contribution is -2.52. The molecule has 0 fully saturated rings. The fraction of sp³-hybridized carbons (Fsp3) is 0.500. The van der Waals surface area contributed by atoms with Crippen molar-refractivity contribution in [3.05, 3.63) is 18.0 Å². The molecule has 1 unspecified atom stereocenters. The first kappa shape index (κ1) is 12.5. The highest BCUT2D eigenvalue weighted by Crippen LogP contribution is 2.28. The average molecular weight is 236 g/mol. The Morgan fingerprint density at radius 2 is 2.12 bits per heavy atom. The van der Waals surface area contributed by atoms with Crippen LogP contribution in [0.15, 0.2) is 12.4 Å². The lowest BCUT2D eigenvalue weighted by Gasteiger charge is -2.19. The quantitative estimate of drug-likeness (QED) is 0.780. The monoisotopic (exact) mass is 236 g/mol. The molecule has 0 aliphatic heterocycles. The van der Waals surface area contributed by atoms with Gasteiger partial charge in [0.2, 0.25) is 5.91 Å². The van der Waals surface area contributed by atoms with E-state index in [2.05, 4.69) is 5.10 Å². The number of amides is 1. The van der Waals surface area contributed by atoms with Crippen LogP contribution in [-0.4, -0.2) is 21.2 Å². The third-order valence-corrected chi connectivity index (χ3v) is 2.01. The lowest BCUT2D eigenvalue weighted by atomic mass is 10.0. The van der Waals surface area contributed by atoms with Crippen molar-refractivity contribution in [2.75, 3.05) is 0 Å². The predicted octanol–water partition coefficient (Wildman–Crippen LogP) is 0.105. The van der Waals surface area contributed by atoms with Crippen LogP contribution in [0.3, 0.4) is 0 Å². The van der Waals surface area contributed by atoms with E-state index in [9.17, 15) is 18.0 Å². The number of aromatic nitrogens is 2. The van der Waals surface area contributed by atoms with E-state index in [0.717, 1.165) is 10.9 Å². The molecule has 1 aromatic heterocycles. The molecule has 0 aliphatic carbocycles. The summed E-state index contributed by atoms with van der Waals surface area (Å²) in [6.07, 6.45) is -3.03. The van der Waals surface area contributed by atoms with Crippen LogP contribution in [0.2, 0.25) is 0 Å². The largest absolute Gasteiger partial charge is 0.419 e. The summed E-state index contributed by atoms with van der Waals surface area (Å²) in [4.78, 5) is 10.9. The van der Waals surface area contributed by atoms with E-state index >= 15 is 0 Å². The summed E-state index contributed by atoms with van der Waals surface area (Å²) in [5.74, 6) is -0.809. The number of carbonyl (C=O) groups excluding carboxylic acids is 1. The Labute approximate surface area is 89.2 Å². The van der Waals surface area contributed by atoms with Gasteiger partial charge in [0, 0.05) is 6.20 Å². The van der Waals surface area contributed by atoms with E-state index < -0.39 is 23.2 Å². The lowest BCUT2D eigenvalue weighted by molar-refractivity contribution is -0.137. The van der Waals surface area contributed by atoms with Gasteiger partial charge in [-0.15, -0.1) is 0 Å². The highest BCUT2D eigenvalue weighted by atomic mass is 19.4. The summed E-state index contributed by atoms with van der Waals surface area (Å²) in [5, 5.41) is 3.46. The molecule has 1 heterocycles. The Balaban J connectivity index is 2.85. The second kappa shape index (κ2) is 3.78. The Kier molecular flexibility index (Phi) is 2.95. The van der Waals surface area contributed by atoms with Crippen molar-refractivity contribution in [3.63, 3.8) is 0 Å². The number of hydrogen-bond acceptors (Lipinski definition) is 3. The topological polar surface area (TPSA) is 86.9 Å². The van der Waals surface area contributed by atoms with Crippen LogP contribution in [0, 0.1) is 0 Å². The molecule has 16 heavy (non-hydrogen) atoms. The Hall–Kier alpha value is -1.57. The number of rotatable bonds is 3. The molecule has 0 bridgehead atoms. The van der Waals surface area contributed by atoms with Crippen LogP contribution in [0.1, 0.15) is 12.5 Å². The zero-order valence-corrected chi connectivity index (χ0v) is 8.45. The van der Waals surface area contributed by atoms with E-state index in [1.54, 1.807) is 0 Å². The van der Waals surface area contributed by atoms with Gasteiger partial charge in [0.25, 0.3) is 0 Å². The molecule has 1 aromatic rings. The minimum Gasteiger partial charge on any atom is -0.368 e. The van der Waals surface area contributed by atoms with Crippen LogP contribution >= 0.6 is 0 Å². The van der Waals surface area contributed by atoms with Gasteiger partial charge in [-0.25, -0.2) is 0 Å². The average Bonchev–Trinajstić information content (AvgIpc) is 2.50. The molecule has 0 aromatic carbocycles. The fourth-order valence-electron chi connectivity index (χ4n) is 1.01. The molecular weight excluding hydrogens is 225 g/mol. The first-order chi connectivity index (χ1) is 7.13. The van der Waals surface area contributed by atoms with Gasteiger partial charge < -0.3 is 11.5 Å². The van der Waals surface area contributed by atoms with Crippen molar-refractivity contribution in [2.45, 2.75) is 25.2 Å². The first-order valence-electron chi connectivity index (χ1n) is 4.31. The predicted molar refractivity (Wildman–Crippen MR) is 49.0 cm³/mol. The number of nitrogens with zero attached hydrogens (tertiary/aromatic N) is 2. The zero-order valence-electron chi connectivity index (χ0n) is 8.45. The van der Waals surface area contributed by atoms with Gasteiger partial charge in [-0.2, -0.15) is 18.3 Å². The van der Waals surface area contributed by atoms with Crippen LogP contribution in [0.5, 0.6) is 0 Å². The molecule has 90 valence electrons. The standard InChI is InChI=1S/C8H11F3N4O/c1-7(13,6(12)16)4-15-3-5(2-14-15)8(9,10)11/h2-3H,4,13H2,1H3,(H2,12,16). The Morgan fingerprint density at radius 3 is 2.50 bits per heavy atom. The third kappa shape index (κ3) is 2.72. The molecule has 5 nitrogen and oxygen atoms in total. The highest BCUT2D eigenvalue weighted by Gasteiger charge is 2.33. The van der Waals surface area contributed by atoms with Crippen LogP contribution < -0.4 is 11.5 Å². The third-order valence-electron chi connectivity index (χ3n) is 2.01. The van der Waals surface area contributed by atoms with E-state index in [4.69, 9.17) is 11.5 Å². The van der Waals surface area contributed by atoms with Gasteiger partial charge in [0.15, 0.2) is 0 Å². The van der Waals surface area contributed by atoms with Crippen LogP contribution in [0.25, 0.3) is 0 Å². The fourth-order valence-corrected chi connectivity index (χ4v) is 1.01. The molecule has 1 atom stereocenters. The van der Waals surface area contributed by atoms with Crippen LogP contribution in [0.4, 0.5) is 13.2 Å². The summed E-state index contributed by atoms with van der Waals surface area (Å²) < 4.78 is 37.6. The van der Waals surface area contributed by atoms with Crippen molar-refractivity contribution in [1.82, 2.24) is 9.78 Å². The van der Waals surface area contributed by atoms with E-state index in [1.165, 1.54) is 6.92 Å². The molecule has 0 spiro atoms. The number of carbonyl (C=O) groups is 1. The van der Waals surface area contributed by atoms with Crippen molar-refractivity contribution >= 4 is 5.91 Å². The van der Waals surface area contributed by atoms with Crippen LogP contribution in [-0.2, 0) is 17.5 Å². The minimum absolute atomic E-state index is 0.210. The molecule has 1 rings (SSSR count). The van der Waals surface area contributed by atoms with E-state index in [0.29, 0.717) is 6.20 Å². The summed E-state index contributed by atoms with van der Waals surface area (Å²) in [7, 11) is 0. The first-order valence-corrected chi connectivity index (χ1v) is 4.31. The molecule has 0 saturated heterocycles. The van der Waals surface area contributed by atoms with E-state index in [-0.39, 0.29) is 6.54 Å². The molecule has 0 aliphatic rings. The Morgan fingerprint density at radius 1 is 1.56 bits per heavy atom. The number of hydrogen-bond donors (Lipinski definition) is 2. The summed E-state index contributed by atoms with van der Waals surface area (Å²) in [6, 6.07) is 0. The second-order valence-corrected chi connectivity index (χ2v) is 3.71. The summed E-state index contributed by atoms with van der Waals surface area (Å²) >= 11 is 0. The normalized spacial score (nSPS) is 15.8. The number of nitrogens with two attached hydrogens (primary N) is 2. The molecule has 4 N–H and O–H groups in total. The number of halogens is 3. The van der Waals surface area contributed by atoms with Crippen molar-refractivity contribution < 1.29 is 18.0 Å². The molecule has 0 saturated carbocycles. The van der Waals surface area contributed by atoms with Crippen molar-refractivity contribution in [3.8, 4) is 0 Å². The molecule has 8 heteroatoms. The highest BCUT2D eigenvalue weighted by molar-refractivity contribution is 5.83. The smallest absolute Gasteiger partial charge is 0.368 e. The van der Waals surface area contributed by atoms with Crippen molar-refractivity contribution in [2.24, 2.45) is 11.5 Å². The minimum atomic E-state index is -4.46. The van der Waals surface area contributed by atoms with Crippen molar-refractivity contribution in [1.29, 1.82) is 0 Å². The van der Waals surface area contributed by atoms with E-state index in [1.807, 2.05) is 0 Å². The molecular formula is C8H11F3N4O.